The summed E-state index contributed by atoms with van der Waals surface area (Å²) in [5, 5.41) is 0. The highest BCUT2D eigenvalue weighted by molar-refractivity contribution is 6.78. The van der Waals surface area contributed by atoms with Gasteiger partial charge in [-0.25, -0.2) is 0 Å². The molecule has 0 nitrogen and oxygen atoms in total. The highest BCUT2D eigenvalue weighted by atomic mass is 28.3. The molecule has 0 heterocycles. The Morgan fingerprint density at radius 3 is 2.05 bits per heavy atom. The van der Waals surface area contributed by atoms with Crippen molar-refractivity contribution in [3.05, 3.63) is 12.2 Å². The largest absolute Gasteiger partial charge is 0.0851 e. The minimum atomic E-state index is -0.995. The van der Waals surface area contributed by atoms with E-state index in [0.29, 0.717) is 0 Å². The SMILES string of the molecule is CC(C)C[Si](C)(CCC1CC2C=CC1C2)CC(C)C. The normalized spacial score (nSPS) is 29.9. The Morgan fingerprint density at radius 1 is 1.00 bits per heavy atom. The van der Waals surface area contributed by atoms with Gasteiger partial charge in [0.25, 0.3) is 0 Å². The van der Waals surface area contributed by atoms with Gasteiger partial charge >= 0.3 is 0 Å². The Morgan fingerprint density at radius 2 is 1.63 bits per heavy atom. The zero-order valence-electron chi connectivity index (χ0n) is 13.8. The van der Waals surface area contributed by atoms with Crippen LogP contribution in [-0.2, 0) is 0 Å². The lowest BCUT2D eigenvalue weighted by Gasteiger charge is -2.33. The molecule has 110 valence electrons. The second-order valence-corrected chi connectivity index (χ2v) is 13.5. The van der Waals surface area contributed by atoms with Crippen LogP contribution in [0.3, 0.4) is 0 Å². The van der Waals surface area contributed by atoms with Crippen molar-refractivity contribution in [1.29, 1.82) is 0 Å². The molecule has 0 aliphatic heterocycles. The molecule has 1 heteroatoms. The Hall–Kier alpha value is -0.0431. The van der Waals surface area contributed by atoms with Gasteiger partial charge in [0, 0.05) is 0 Å². The first-order valence-corrected chi connectivity index (χ1v) is 11.7. The standard InChI is InChI=1S/C18H34Si/c1-14(2)12-19(5,13-15(3)4)9-8-18-11-16-6-7-17(18)10-16/h6-7,14-18H,8-13H2,1-5H3. The first-order chi connectivity index (χ1) is 8.88. The van der Waals surface area contributed by atoms with E-state index in [2.05, 4.69) is 46.4 Å². The molecule has 0 saturated heterocycles. The molecule has 0 aromatic rings. The number of allylic oxidation sites excluding steroid dienone is 2. The van der Waals surface area contributed by atoms with Gasteiger partial charge in [-0.1, -0.05) is 70.9 Å². The Kier molecular flexibility index (Phi) is 4.97. The summed E-state index contributed by atoms with van der Waals surface area (Å²) in [5.74, 6) is 4.76. The summed E-state index contributed by atoms with van der Waals surface area (Å²) in [6.45, 7) is 12.4. The smallest absolute Gasteiger partial charge is 0.0509 e. The topological polar surface area (TPSA) is 0 Å². The van der Waals surface area contributed by atoms with Crippen LogP contribution >= 0.6 is 0 Å². The lowest BCUT2D eigenvalue weighted by molar-refractivity contribution is 0.430. The zero-order chi connectivity index (χ0) is 14.0. The molecule has 1 saturated carbocycles. The number of fused-ring (bicyclic) bond motifs is 2. The summed E-state index contributed by atoms with van der Waals surface area (Å²) in [6.07, 6.45) is 9.54. The maximum absolute atomic E-state index is 2.69. The fourth-order valence-electron chi connectivity index (χ4n) is 5.02. The summed E-state index contributed by atoms with van der Waals surface area (Å²) in [4.78, 5) is 0. The fourth-order valence-corrected chi connectivity index (χ4v) is 10.6. The molecule has 3 unspecified atom stereocenters. The highest BCUT2D eigenvalue weighted by Crippen LogP contribution is 2.46. The molecule has 2 bridgehead atoms. The first kappa shape index (κ1) is 15.3. The van der Waals surface area contributed by atoms with E-state index in [9.17, 15) is 0 Å². The Labute approximate surface area is 122 Å². The van der Waals surface area contributed by atoms with E-state index in [1.54, 1.807) is 18.1 Å². The van der Waals surface area contributed by atoms with Crippen molar-refractivity contribution in [2.75, 3.05) is 0 Å². The van der Waals surface area contributed by atoms with Crippen LogP contribution in [0.25, 0.3) is 0 Å². The van der Waals surface area contributed by atoms with E-state index < -0.39 is 8.07 Å². The molecule has 0 amide bonds. The van der Waals surface area contributed by atoms with Crippen molar-refractivity contribution < 1.29 is 0 Å². The molecule has 0 aromatic heterocycles. The third-order valence-corrected chi connectivity index (χ3v) is 10.4. The fraction of sp³-hybridized carbons (Fsp3) is 0.889. The van der Waals surface area contributed by atoms with Gasteiger partial charge in [0.05, 0.1) is 8.07 Å². The number of rotatable bonds is 7. The number of hydrogen-bond acceptors (Lipinski definition) is 0. The van der Waals surface area contributed by atoms with Gasteiger partial charge < -0.3 is 0 Å². The van der Waals surface area contributed by atoms with Crippen molar-refractivity contribution >= 4 is 8.07 Å². The van der Waals surface area contributed by atoms with E-state index in [-0.39, 0.29) is 0 Å². The molecule has 2 aliphatic carbocycles. The van der Waals surface area contributed by atoms with Crippen molar-refractivity contribution in [1.82, 2.24) is 0 Å². The second kappa shape index (κ2) is 6.16. The summed E-state index contributed by atoms with van der Waals surface area (Å²) < 4.78 is 0. The summed E-state index contributed by atoms with van der Waals surface area (Å²) >= 11 is 0. The third kappa shape index (κ3) is 4.21. The predicted molar refractivity (Wildman–Crippen MR) is 89.2 cm³/mol. The summed E-state index contributed by atoms with van der Waals surface area (Å²) in [6, 6.07) is 4.68. The van der Waals surface area contributed by atoms with Gasteiger partial charge in [-0.3, -0.25) is 0 Å². The van der Waals surface area contributed by atoms with E-state index in [1.165, 1.54) is 19.3 Å². The van der Waals surface area contributed by atoms with Gasteiger partial charge in [-0.2, -0.15) is 0 Å². The zero-order valence-corrected chi connectivity index (χ0v) is 14.8. The molecule has 1 fully saturated rings. The molecule has 3 atom stereocenters. The maximum atomic E-state index is 2.69. The van der Waals surface area contributed by atoms with Crippen LogP contribution in [0.1, 0.15) is 47.0 Å². The van der Waals surface area contributed by atoms with Gasteiger partial charge in [-0.05, 0) is 42.4 Å². The van der Waals surface area contributed by atoms with E-state index in [0.717, 1.165) is 29.6 Å². The van der Waals surface area contributed by atoms with Crippen LogP contribution in [0, 0.1) is 29.6 Å². The molecular weight excluding hydrogens is 244 g/mol. The molecule has 19 heavy (non-hydrogen) atoms. The van der Waals surface area contributed by atoms with Crippen LogP contribution in [-0.4, -0.2) is 8.07 Å². The van der Waals surface area contributed by atoms with E-state index in [1.807, 2.05) is 0 Å². The molecule has 0 spiro atoms. The van der Waals surface area contributed by atoms with Gasteiger partial charge in [0.15, 0.2) is 0 Å². The Balaban J connectivity index is 1.87. The van der Waals surface area contributed by atoms with Crippen LogP contribution in [0.15, 0.2) is 12.2 Å². The highest BCUT2D eigenvalue weighted by Gasteiger charge is 2.37. The molecule has 0 aromatic carbocycles. The first-order valence-electron chi connectivity index (χ1n) is 8.56. The molecule has 0 radical (unpaired) electrons. The van der Waals surface area contributed by atoms with Crippen LogP contribution in [0.2, 0.25) is 24.7 Å². The Bertz CT molecular complexity index is 306. The molecule has 2 rings (SSSR count). The van der Waals surface area contributed by atoms with Crippen molar-refractivity contribution in [3.8, 4) is 0 Å². The monoisotopic (exact) mass is 278 g/mol. The average Bonchev–Trinajstić information content (AvgIpc) is 2.85. The van der Waals surface area contributed by atoms with Crippen molar-refractivity contribution in [2.24, 2.45) is 29.6 Å². The average molecular weight is 279 g/mol. The maximum Gasteiger partial charge on any atom is 0.0509 e. The van der Waals surface area contributed by atoms with Gasteiger partial charge in [-0.15, -0.1) is 0 Å². The third-order valence-electron chi connectivity index (χ3n) is 5.34. The summed E-state index contributed by atoms with van der Waals surface area (Å²) in [5.41, 5.74) is 0. The van der Waals surface area contributed by atoms with Crippen LogP contribution in [0.5, 0.6) is 0 Å². The van der Waals surface area contributed by atoms with Crippen LogP contribution < -0.4 is 0 Å². The van der Waals surface area contributed by atoms with Gasteiger partial charge in [0.2, 0.25) is 0 Å². The van der Waals surface area contributed by atoms with Crippen molar-refractivity contribution in [2.45, 2.75) is 71.6 Å². The molecule has 0 N–H and O–H groups in total. The quantitative estimate of drug-likeness (QED) is 0.397. The minimum Gasteiger partial charge on any atom is -0.0851 e. The predicted octanol–water partition coefficient (Wildman–Crippen LogP) is 5.98. The van der Waals surface area contributed by atoms with E-state index in [4.69, 9.17) is 0 Å². The van der Waals surface area contributed by atoms with Gasteiger partial charge in [0.1, 0.15) is 0 Å². The number of hydrogen-bond donors (Lipinski definition) is 0. The van der Waals surface area contributed by atoms with Crippen molar-refractivity contribution in [3.63, 3.8) is 0 Å². The van der Waals surface area contributed by atoms with E-state index >= 15 is 0 Å². The second-order valence-electron chi connectivity index (χ2n) is 8.59. The lowest BCUT2D eigenvalue weighted by atomic mass is 9.91. The minimum absolute atomic E-state index is 0.898. The molecule has 2 aliphatic rings. The lowest BCUT2D eigenvalue weighted by Crippen LogP contribution is -2.34. The summed E-state index contributed by atoms with van der Waals surface area (Å²) in [7, 11) is -0.995. The molecular formula is C18H34Si. The van der Waals surface area contributed by atoms with Crippen LogP contribution in [0.4, 0.5) is 0 Å².